The minimum absolute atomic E-state index is 0.00393. The van der Waals surface area contributed by atoms with Crippen LogP contribution in [-0.4, -0.2) is 17.7 Å². The summed E-state index contributed by atoms with van der Waals surface area (Å²) < 4.78 is 5.77. The molecule has 1 aliphatic heterocycles. The smallest absolute Gasteiger partial charge is 0.164 e. The van der Waals surface area contributed by atoms with Gasteiger partial charge in [-0.05, 0) is 37.8 Å². The van der Waals surface area contributed by atoms with Crippen LogP contribution in [0.3, 0.4) is 0 Å². The molecule has 0 radical (unpaired) electrons. The molecule has 1 heterocycles. The first kappa shape index (κ1) is 16.0. The number of hydroxylamine groups is 2. The maximum atomic E-state index is 6.45. The number of fused-ring (bicyclic) bond motifs is 3. The van der Waals surface area contributed by atoms with Crippen LogP contribution in [0.25, 0.3) is 10.8 Å². The molecule has 0 fully saturated rings. The maximum absolute atomic E-state index is 6.45. The molecule has 3 aromatic rings. The van der Waals surface area contributed by atoms with Crippen molar-refractivity contribution in [2.75, 3.05) is 7.11 Å². The predicted molar refractivity (Wildman–Crippen MR) is 101 cm³/mol. The van der Waals surface area contributed by atoms with Crippen LogP contribution in [0.5, 0.6) is 11.5 Å². The lowest BCUT2D eigenvalue weighted by atomic mass is 9.92. The number of rotatable bonds is 2. The van der Waals surface area contributed by atoms with Gasteiger partial charge in [-0.1, -0.05) is 54.6 Å². The SMILES string of the molecule is COc1cc2ccccc2c2c1C(c1ccccc1)N(C(C)(C)C)O2. The highest BCUT2D eigenvalue weighted by atomic mass is 16.7. The molecule has 3 aromatic carbocycles. The quantitative estimate of drug-likeness (QED) is 0.631. The summed E-state index contributed by atoms with van der Waals surface area (Å²) >= 11 is 0. The average Bonchev–Trinajstić information content (AvgIpc) is 3.03. The fourth-order valence-electron chi connectivity index (χ4n) is 3.56. The van der Waals surface area contributed by atoms with E-state index in [1.807, 2.05) is 12.1 Å². The van der Waals surface area contributed by atoms with E-state index in [0.717, 1.165) is 27.8 Å². The van der Waals surface area contributed by atoms with Gasteiger partial charge < -0.3 is 9.57 Å². The molecular weight excluding hydrogens is 310 g/mol. The topological polar surface area (TPSA) is 21.7 Å². The zero-order valence-corrected chi connectivity index (χ0v) is 15.1. The molecule has 3 nitrogen and oxygen atoms in total. The van der Waals surface area contributed by atoms with Gasteiger partial charge in [0, 0.05) is 10.9 Å². The molecule has 0 N–H and O–H groups in total. The summed E-state index contributed by atoms with van der Waals surface area (Å²) in [6.45, 7) is 6.51. The van der Waals surface area contributed by atoms with Crippen LogP contribution in [0.4, 0.5) is 0 Å². The zero-order valence-electron chi connectivity index (χ0n) is 15.1. The van der Waals surface area contributed by atoms with E-state index in [-0.39, 0.29) is 11.6 Å². The van der Waals surface area contributed by atoms with Crippen molar-refractivity contribution in [1.82, 2.24) is 5.06 Å². The Labute approximate surface area is 148 Å². The van der Waals surface area contributed by atoms with Gasteiger partial charge in [0.2, 0.25) is 0 Å². The summed E-state index contributed by atoms with van der Waals surface area (Å²) in [5.41, 5.74) is 2.14. The molecule has 0 aliphatic carbocycles. The molecule has 1 atom stereocenters. The standard InChI is InChI=1S/C22H23NO2/c1-22(2,3)23-20(15-10-6-5-7-11-15)19-18(24-4)14-16-12-8-9-13-17(16)21(19)25-23/h5-14,20H,1-4H3. The molecular formula is C22H23NO2. The highest BCUT2D eigenvalue weighted by molar-refractivity contribution is 5.92. The molecule has 1 unspecified atom stereocenters. The number of hydrogen-bond donors (Lipinski definition) is 0. The Morgan fingerprint density at radius 2 is 1.64 bits per heavy atom. The molecule has 0 saturated carbocycles. The fourth-order valence-corrected chi connectivity index (χ4v) is 3.56. The second-order valence-electron chi connectivity index (χ2n) is 7.44. The van der Waals surface area contributed by atoms with Gasteiger partial charge in [0.15, 0.2) is 5.75 Å². The first-order chi connectivity index (χ1) is 12.0. The van der Waals surface area contributed by atoms with Gasteiger partial charge in [0.05, 0.1) is 12.7 Å². The molecule has 4 rings (SSSR count). The molecule has 0 amide bonds. The van der Waals surface area contributed by atoms with Crippen LogP contribution >= 0.6 is 0 Å². The fraction of sp³-hybridized carbons (Fsp3) is 0.273. The van der Waals surface area contributed by atoms with Gasteiger partial charge in [-0.3, -0.25) is 0 Å². The van der Waals surface area contributed by atoms with Crippen molar-refractivity contribution >= 4 is 10.8 Å². The molecule has 1 aliphatic rings. The third kappa shape index (κ3) is 2.56. The normalized spacial score (nSPS) is 17.4. The second-order valence-corrected chi connectivity index (χ2v) is 7.44. The second kappa shape index (κ2) is 5.78. The van der Waals surface area contributed by atoms with Crippen LogP contribution in [0.15, 0.2) is 60.7 Å². The van der Waals surface area contributed by atoms with Crippen molar-refractivity contribution in [2.24, 2.45) is 0 Å². The molecule has 3 heteroatoms. The van der Waals surface area contributed by atoms with E-state index in [1.165, 1.54) is 5.56 Å². The molecule has 128 valence electrons. The first-order valence-electron chi connectivity index (χ1n) is 8.62. The Morgan fingerprint density at radius 1 is 0.960 bits per heavy atom. The monoisotopic (exact) mass is 333 g/mol. The van der Waals surface area contributed by atoms with E-state index in [0.29, 0.717) is 0 Å². The lowest BCUT2D eigenvalue weighted by Gasteiger charge is -2.34. The summed E-state index contributed by atoms with van der Waals surface area (Å²) in [6.07, 6.45) is 0. The molecule has 0 aromatic heterocycles. The van der Waals surface area contributed by atoms with E-state index in [9.17, 15) is 0 Å². The van der Waals surface area contributed by atoms with Crippen LogP contribution in [-0.2, 0) is 0 Å². The van der Waals surface area contributed by atoms with E-state index in [2.05, 4.69) is 74.4 Å². The number of benzene rings is 3. The van der Waals surface area contributed by atoms with Gasteiger partial charge >= 0.3 is 0 Å². The van der Waals surface area contributed by atoms with Gasteiger partial charge in [-0.25, -0.2) is 0 Å². The van der Waals surface area contributed by atoms with Crippen LogP contribution in [0, 0.1) is 0 Å². The summed E-state index contributed by atoms with van der Waals surface area (Å²) in [7, 11) is 1.73. The van der Waals surface area contributed by atoms with E-state index in [4.69, 9.17) is 9.57 Å². The highest BCUT2D eigenvalue weighted by Crippen LogP contribution is 2.52. The summed E-state index contributed by atoms with van der Waals surface area (Å²) in [5, 5.41) is 4.33. The molecule has 0 saturated heterocycles. The molecule has 0 bridgehead atoms. The van der Waals surface area contributed by atoms with Crippen molar-refractivity contribution in [3.8, 4) is 11.5 Å². The number of nitrogens with zero attached hydrogens (tertiary/aromatic N) is 1. The Kier molecular flexibility index (Phi) is 3.69. The molecule has 25 heavy (non-hydrogen) atoms. The Morgan fingerprint density at radius 3 is 2.32 bits per heavy atom. The average molecular weight is 333 g/mol. The largest absolute Gasteiger partial charge is 0.496 e. The Hall–Kier alpha value is -2.52. The van der Waals surface area contributed by atoms with Crippen LogP contribution in [0.2, 0.25) is 0 Å². The van der Waals surface area contributed by atoms with Crippen LogP contribution < -0.4 is 9.57 Å². The Bertz CT molecular complexity index is 912. The lowest BCUT2D eigenvalue weighted by molar-refractivity contribution is -0.128. The van der Waals surface area contributed by atoms with E-state index >= 15 is 0 Å². The van der Waals surface area contributed by atoms with Gasteiger partial charge in [0.25, 0.3) is 0 Å². The predicted octanol–water partition coefficient (Wildman–Crippen LogP) is 5.35. The van der Waals surface area contributed by atoms with Gasteiger partial charge in [-0.15, -0.1) is 5.06 Å². The third-order valence-corrected chi connectivity index (χ3v) is 4.70. The van der Waals surface area contributed by atoms with Crippen LogP contribution in [0.1, 0.15) is 37.9 Å². The lowest BCUT2D eigenvalue weighted by Crippen LogP contribution is -2.43. The third-order valence-electron chi connectivity index (χ3n) is 4.70. The van der Waals surface area contributed by atoms with E-state index < -0.39 is 0 Å². The first-order valence-corrected chi connectivity index (χ1v) is 8.62. The Balaban J connectivity index is 2.02. The van der Waals surface area contributed by atoms with Crippen molar-refractivity contribution in [3.05, 3.63) is 71.8 Å². The van der Waals surface area contributed by atoms with Gasteiger partial charge in [0.1, 0.15) is 11.8 Å². The minimum atomic E-state index is -0.161. The number of methoxy groups -OCH3 is 1. The number of hydrogen-bond acceptors (Lipinski definition) is 3. The van der Waals surface area contributed by atoms with Gasteiger partial charge in [-0.2, -0.15) is 0 Å². The van der Waals surface area contributed by atoms with Crippen molar-refractivity contribution < 1.29 is 9.57 Å². The maximum Gasteiger partial charge on any atom is 0.164 e. The highest BCUT2D eigenvalue weighted by Gasteiger charge is 2.43. The summed E-state index contributed by atoms with van der Waals surface area (Å²) in [5.74, 6) is 1.77. The van der Waals surface area contributed by atoms with Crippen molar-refractivity contribution in [3.63, 3.8) is 0 Å². The summed E-state index contributed by atoms with van der Waals surface area (Å²) in [6, 6.07) is 20.9. The number of ether oxygens (including phenoxy) is 1. The van der Waals surface area contributed by atoms with E-state index in [1.54, 1.807) is 7.11 Å². The summed E-state index contributed by atoms with van der Waals surface area (Å²) in [4.78, 5) is 6.45. The van der Waals surface area contributed by atoms with Crippen molar-refractivity contribution in [2.45, 2.75) is 32.4 Å². The zero-order chi connectivity index (χ0) is 17.6. The minimum Gasteiger partial charge on any atom is -0.496 e. The van der Waals surface area contributed by atoms with Crippen molar-refractivity contribution in [1.29, 1.82) is 0 Å². The molecule has 0 spiro atoms.